The first-order chi connectivity index (χ1) is 20.4. The van der Waals surface area contributed by atoms with Crippen LogP contribution in [0.25, 0.3) is 22.2 Å². The molecule has 4 heterocycles. The van der Waals surface area contributed by atoms with Crippen molar-refractivity contribution in [3.8, 4) is 11.3 Å². The molecule has 1 aliphatic heterocycles. The number of halogens is 1. The van der Waals surface area contributed by atoms with Crippen LogP contribution in [0, 0.1) is 11.7 Å². The van der Waals surface area contributed by atoms with Crippen molar-refractivity contribution in [1.82, 2.24) is 20.3 Å². The number of rotatable bonds is 6. The van der Waals surface area contributed by atoms with Gasteiger partial charge in [-0.05, 0) is 69.2 Å². The van der Waals surface area contributed by atoms with E-state index in [2.05, 4.69) is 49.6 Å². The SMILES string of the molecule is C[C@@H]1CNC[C@H](C)N1c1ccc(Nc2cc(-c3ccc(NC(=O)C4CCCCC4)cc3F)nc3cc[nH]c(=O)c23)nc1. The highest BCUT2D eigenvalue weighted by molar-refractivity contribution is 5.95. The lowest BCUT2D eigenvalue weighted by molar-refractivity contribution is -0.120. The third-order valence-electron chi connectivity index (χ3n) is 8.36. The maximum Gasteiger partial charge on any atom is 0.259 e. The number of aromatic amines is 1. The molecule has 0 spiro atoms. The molecular weight excluding hydrogens is 533 g/mol. The van der Waals surface area contributed by atoms with Crippen LogP contribution >= 0.6 is 0 Å². The monoisotopic (exact) mass is 569 g/mol. The number of aromatic nitrogens is 3. The second-order valence-corrected chi connectivity index (χ2v) is 11.4. The number of fused-ring (bicyclic) bond motifs is 1. The standard InChI is InChI=1S/C32H36FN7O2/c1-19-16-34-17-20(2)40(19)23-9-11-29(36-18-23)39-28-15-27(38-26-12-13-35-32(42)30(26)28)24-10-8-22(14-25(24)33)37-31(41)21-6-4-3-5-7-21/h8-15,18-21,34H,3-7,16-17H2,1-2H3,(H,35,42)(H,37,41)(H,36,38,39)/t19-,20+. The van der Waals surface area contributed by atoms with Gasteiger partial charge in [-0.25, -0.2) is 14.4 Å². The van der Waals surface area contributed by atoms with Gasteiger partial charge in [-0.2, -0.15) is 0 Å². The molecule has 2 atom stereocenters. The van der Waals surface area contributed by atoms with Crippen LogP contribution in [0.3, 0.4) is 0 Å². The van der Waals surface area contributed by atoms with Gasteiger partial charge in [0.05, 0.1) is 34.2 Å². The van der Waals surface area contributed by atoms with Crippen LogP contribution < -0.4 is 26.4 Å². The zero-order valence-corrected chi connectivity index (χ0v) is 23.9. The predicted molar refractivity (Wildman–Crippen MR) is 165 cm³/mol. The van der Waals surface area contributed by atoms with Gasteiger partial charge in [0.25, 0.3) is 5.56 Å². The first kappa shape index (κ1) is 27.8. The molecular formula is C32H36FN7O2. The van der Waals surface area contributed by atoms with Crippen LogP contribution in [-0.2, 0) is 4.79 Å². The number of nitrogens with zero attached hydrogens (tertiary/aromatic N) is 3. The Kier molecular flexibility index (Phi) is 7.88. The largest absolute Gasteiger partial charge is 0.362 e. The number of amides is 1. The van der Waals surface area contributed by atoms with E-state index in [0.717, 1.165) is 50.9 Å². The molecule has 1 saturated carbocycles. The highest BCUT2D eigenvalue weighted by atomic mass is 19.1. The molecule has 2 fully saturated rings. The van der Waals surface area contributed by atoms with Crippen molar-refractivity contribution in [2.75, 3.05) is 28.6 Å². The Morgan fingerprint density at radius 3 is 2.52 bits per heavy atom. The molecule has 0 bridgehead atoms. The van der Waals surface area contributed by atoms with Gasteiger partial charge in [0.15, 0.2) is 0 Å². The Labute approximate surface area is 244 Å². The van der Waals surface area contributed by atoms with Crippen LogP contribution in [-0.4, -0.2) is 46.0 Å². The predicted octanol–water partition coefficient (Wildman–Crippen LogP) is 5.57. The number of carbonyl (C=O) groups is 1. The van der Waals surface area contributed by atoms with Crippen molar-refractivity contribution >= 4 is 39.7 Å². The van der Waals surface area contributed by atoms with Crippen LogP contribution in [0.2, 0.25) is 0 Å². The van der Waals surface area contributed by atoms with Gasteiger partial charge in [0, 0.05) is 48.5 Å². The molecule has 9 nitrogen and oxygen atoms in total. The molecule has 0 unspecified atom stereocenters. The van der Waals surface area contributed by atoms with Crippen LogP contribution in [0.15, 0.2) is 59.7 Å². The van der Waals surface area contributed by atoms with E-state index in [4.69, 9.17) is 0 Å². The van der Waals surface area contributed by atoms with Gasteiger partial charge in [-0.15, -0.1) is 0 Å². The van der Waals surface area contributed by atoms with Gasteiger partial charge in [0.1, 0.15) is 11.6 Å². The lowest BCUT2D eigenvalue weighted by Crippen LogP contribution is -2.55. The number of pyridine rings is 3. The average molecular weight is 570 g/mol. The highest BCUT2D eigenvalue weighted by Crippen LogP contribution is 2.32. The van der Waals surface area contributed by atoms with E-state index in [-0.39, 0.29) is 22.9 Å². The number of hydrogen-bond acceptors (Lipinski definition) is 7. The lowest BCUT2D eigenvalue weighted by atomic mass is 9.88. The van der Waals surface area contributed by atoms with E-state index < -0.39 is 5.82 Å². The van der Waals surface area contributed by atoms with E-state index >= 15 is 4.39 Å². The van der Waals surface area contributed by atoms with Gasteiger partial charge >= 0.3 is 0 Å². The molecule has 1 aromatic carbocycles. The molecule has 1 aliphatic carbocycles. The fourth-order valence-electron chi connectivity index (χ4n) is 6.23. The molecule has 42 heavy (non-hydrogen) atoms. The van der Waals surface area contributed by atoms with Crippen molar-refractivity contribution in [1.29, 1.82) is 0 Å². The van der Waals surface area contributed by atoms with E-state index in [9.17, 15) is 9.59 Å². The number of piperazine rings is 1. The number of H-pyrrole nitrogens is 1. The maximum atomic E-state index is 15.4. The summed E-state index contributed by atoms with van der Waals surface area (Å²) >= 11 is 0. The van der Waals surface area contributed by atoms with Gasteiger partial charge in [-0.1, -0.05) is 19.3 Å². The fourth-order valence-corrected chi connectivity index (χ4v) is 6.23. The van der Waals surface area contributed by atoms with Crippen LogP contribution in [0.1, 0.15) is 46.0 Å². The first-order valence-corrected chi connectivity index (χ1v) is 14.7. The summed E-state index contributed by atoms with van der Waals surface area (Å²) in [5.41, 5.74) is 2.65. The fraction of sp³-hybridized carbons (Fsp3) is 0.375. The summed E-state index contributed by atoms with van der Waals surface area (Å²) in [6, 6.07) is 12.5. The normalized spacial score (nSPS) is 19.5. The molecule has 1 amide bonds. The number of anilines is 4. The molecule has 4 aromatic rings. The van der Waals surface area contributed by atoms with E-state index in [1.54, 1.807) is 24.3 Å². The minimum Gasteiger partial charge on any atom is -0.362 e. The molecule has 6 rings (SSSR count). The zero-order chi connectivity index (χ0) is 29.2. The molecule has 0 radical (unpaired) electrons. The Morgan fingerprint density at radius 2 is 1.81 bits per heavy atom. The Balaban J connectivity index is 1.28. The zero-order valence-electron chi connectivity index (χ0n) is 23.9. The molecule has 218 valence electrons. The summed E-state index contributed by atoms with van der Waals surface area (Å²) in [5.74, 6) is -0.0459. The summed E-state index contributed by atoms with van der Waals surface area (Å²) < 4.78 is 15.4. The summed E-state index contributed by atoms with van der Waals surface area (Å²) in [7, 11) is 0. The Hall–Kier alpha value is -4.31. The smallest absolute Gasteiger partial charge is 0.259 e. The lowest BCUT2D eigenvalue weighted by Gasteiger charge is -2.41. The second-order valence-electron chi connectivity index (χ2n) is 11.4. The number of hydrogen-bond donors (Lipinski definition) is 4. The molecule has 1 saturated heterocycles. The summed E-state index contributed by atoms with van der Waals surface area (Å²) in [6.07, 6.45) is 8.34. The number of carbonyl (C=O) groups excluding carboxylic acids is 1. The van der Waals surface area contributed by atoms with Crippen molar-refractivity contribution in [2.45, 2.75) is 58.0 Å². The topological polar surface area (TPSA) is 115 Å². The Morgan fingerprint density at radius 1 is 1.02 bits per heavy atom. The third kappa shape index (κ3) is 5.72. The van der Waals surface area contributed by atoms with Gasteiger partial charge < -0.3 is 25.8 Å². The van der Waals surface area contributed by atoms with Crippen molar-refractivity contribution in [3.63, 3.8) is 0 Å². The molecule has 2 aliphatic rings. The minimum absolute atomic E-state index is 0.0262. The van der Waals surface area contributed by atoms with Crippen molar-refractivity contribution < 1.29 is 9.18 Å². The average Bonchev–Trinajstić information content (AvgIpc) is 2.98. The molecule has 10 heteroatoms. The van der Waals surface area contributed by atoms with Crippen molar-refractivity contribution in [2.24, 2.45) is 5.92 Å². The van der Waals surface area contributed by atoms with Crippen LogP contribution in [0.5, 0.6) is 0 Å². The quantitative estimate of drug-likeness (QED) is 0.240. The molecule has 3 aromatic heterocycles. The van der Waals surface area contributed by atoms with Crippen LogP contribution in [0.4, 0.5) is 27.3 Å². The minimum atomic E-state index is -0.513. The Bertz CT molecular complexity index is 1640. The van der Waals surface area contributed by atoms with Crippen molar-refractivity contribution in [3.05, 3.63) is 71.0 Å². The summed E-state index contributed by atoms with van der Waals surface area (Å²) in [5, 5.41) is 9.93. The number of nitrogens with one attached hydrogen (secondary N) is 4. The molecule has 4 N–H and O–H groups in total. The highest BCUT2D eigenvalue weighted by Gasteiger charge is 2.25. The van der Waals surface area contributed by atoms with E-state index in [1.807, 2.05) is 18.3 Å². The summed E-state index contributed by atoms with van der Waals surface area (Å²) in [4.78, 5) is 39.8. The van der Waals surface area contributed by atoms with E-state index in [0.29, 0.717) is 45.9 Å². The van der Waals surface area contributed by atoms with E-state index in [1.165, 1.54) is 12.3 Å². The third-order valence-corrected chi connectivity index (χ3v) is 8.36. The first-order valence-electron chi connectivity index (χ1n) is 14.7. The summed E-state index contributed by atoms with van der Waals surface area (Å²) in [6.45, 7) is 6.18. The van der Waals surface area contributed by atoms with Gasteiger partial charge in [-0.3, -0.25) is 9.59 Å². The second kappa shape index (κ2) is 11.9. The van der Waals surface area contributed by atoms with Gasteiger partial charge in [0.2, 0.25) is 5.91 Å². The number of benzene rings is 1. The maximum absolute atomic E-state index is 15.4.